The molecule has 1 saturated carbocycles. The maximum atomic E-state index is 12.9. The van der Waals surface area contributed by atoms with E-state index < -0.39 is 5.60 Å². The summed E-state index contributed by atoms with van der Waals surface area (Å²) in [6.07, 6.45) is 4.66. The summed E-state index contributed by atoms with van der Waals surface area (Å²) in [5.74, 6) is 1.66. The maximum Gasteiger partial charge on any atom is 0.275 e. The van der Waals surface area contributed by atoms with Gasteiger partial charge >= 0.3 is 0 Å². The van der Waals surface area contributed by atoms with Gasteiger partial charge in [-0.3, -0.25) is 4.79 Å². The van der Waals surface area contributed by atoms with E-state index in [2.05, 4.69) is 5.32 Å². The lowest BCUT2D eigenvalue weighted by atomic mass is 9.66. The first-order valence-electron chi connectivity index (χ1n) is 11.6. The number of fused-ring (bicyclic) bond motifs is 1. The normalized spacial score (nSPS) is 27.3. The Morgan fingerprint density at radius 1 is 1.12 bits per heavy atom. The molecular weight excluding hydrogens is 404 g/mol. The van der Waals surface area contributed by atoms with Gasteiger partial charge < -0.3 is 24.8 Å². The number of amides is 1. The van der Waals surface area contributed by atoms with Crippen molar-refractivity contribution in [3.8, 4) is 11.5 Å². The summed E-state index contributed by atoms with van der Waals surface area (Å²) in [4.78, 5) is 14.1. The van der Waals surface area contributed by atoms with Crippen molar-refractivity contribution < 1.29 is 24.3 Å². The largest absolute Gasteiger partial charge is 0.497 e. The summed E-state index contributed by atoms with van der Waals surface area (Å²) in [5.41, 5.74) is 1.42. The lowest BCUT2D eigenvalue weighted by molar-refractivity contribution is -0.937. The SMILES string of the molecule is COc1ccc(OC)c([C@H]2[C@H]3CCCC[C@@]3(O)CC[NH+]2CC(=O)NCc2ccccc2)c1. The summed E-state index contributed by atoms with van der Waals surface area (Å²) in [6, 6.07) is 15.8. The topological polar surface area (TPSA) is 72.2 Å². The van der Waals surface area contributed by atoms with Crippen LogP contribution in [-0.4, -0.2) is 43.9 Å². The van der Waals surface area contributed by atoms with E-state index in [0.29, 0.717) is 13.1 Å². The van der Waals surface area contributed by atoms with Gasteiger partial charge in [0.2, 0.25) is 0 Å². The molecular formula is C26H35N2O4+. The number of piperidine rings is 1. The van der Waals surface area contributed by atoms with Gasteiger partial charge in [0.15, 0.2) is 6.54 Å². The Morgan fingerprint density at radius 2 is 1.94 bits per heavy atom. The van der Waals surface area contributed by atoms with Crippen LogP contribution in [0.5, 0.6) is 11.5 Å². The smallest absolute Gasteiger partial charge is 0.275 e. The fraction of sp³-hybridized carbons (Fsp3) is 0.500. The molecule has 1 aliphatic heterocycles. The van der Waals surface area contributed by atoms with Crippen LogP contribution < -0.4 is 19.7 Å². The van der Waals surface area contributed by atoms with Gasteiger partial charge in [0.05, 0.1) is 31.9 Å². The average Bonchev–Trinajstić information content (AvgIpc) is 2.83. The minimum Gasteiger partial charge on any atom is -0.497 e. The number of nitrogens with one attached hydrogen (secondary N) is 2. The van der Waals surface area contributed by atoms with Gasteiger partial charge in [0.25, 0.3) is 5.91 Å². The van der Waals surface area contributed by atoms with Gasteiger partial charge in [0, 0.05) is 18.9 Å². The average molecular weight is 440 g/mol. The minimum absolute atomic E-state index is 0.0250. The number of rotatable bonds is 7. The molecule has 2 aliphatic rings. The van der Waals surface area contributed by atoms with Gasteiger partial charge in [0.1, 0.15) is 17.5 Å². The second-order valence-corrected chi connectivity index (χ2v) is 9.14. The van der Waals surface area contributed by atoms with E-state index in [1.807, 2.05) is 48.5 Å². The molecule has 172 valence electrons. The Kier molecular flexibility index (Phi) is 7.01. The number of benzene rings is 2. The highest BCUT2D eigenvalue weighted by atomic mass is 16.5. The summed E-state index contributed by atoms with van der Waals surface area (Å²) in [6.45, 7) is 1.63. The molecule has 1 amide bonds. The van der Waals surface area contributed by atoms with Crippen molar-refractivity contribution in [2.75, 3.05) is 27.3 Å². The molecule has 0 bridgehead atoms. The van der Waals surface area contributed by atoms with E-state index in [1.54, 1.807) is 14.2 Å². The summed E-state index contributed by atoms with van der Waals surface area (Å²) in [5, 5.41) is 14.6. The van der Waals surface area contributed by atoms with Crippen LogP contribution in [0.25, 0.3) is 0 Å². The number of hydrogen-bond donors (Lipinski definition) is 3. The molecule has 1 unspecified atom stereocenters. The van der Waals surface area contributed by atoms with Crippen molar-refractivity contribution in [1.82, 2.24) is 5.32 Å². The Morgan fingerprint density at radius 3 is 2.69 bits per heavy atom. The van der Waals surface area contributed by atoms with E-state index in [9.17, 15) is 9.90 Å². The van der Waals surface area contributed by atoms with E-state index in [-0.39, 0.29) is 17.9 Å². The van der Waals surface area contributed by atoms with Crippen molar-refractivity contribution in [2.45, 2.75) is 50.3 Å². The maximum absolute atomic E-state index is 12.9. The van der Waals surface area contributed by atoms with E-state index in [4.69, 9.17) is 9.47 Å². The number of methoxy groups -OCH3 is 2. The third-order valence-corrected chi connectivity index (χ3v) is 7.28. The third kappa shape index (κ3) is 4.76. The van der Waals surface area contributed by atoms with Crippen LogP contribution in [-0.2, 0) is 11.3 Å². The molecule has 1 heterocycles. The van der Waals surface area contributed by atoms with Gasteiger partial charge in [-0.15, -0.1) is 0 Å². The quantitative estimate of drug-likeness (QED) is 0.619. The first-order chi connectivity index (χ1) is 15.5. The first-order valence-corrected chi connectivity index (χ1v) is 11.6. The predicted molar refractivity (Wildman–Crippen MR) is 123 cm³/mol. The van der Waals surface area contributed by atoms with E-state index in [0.717, 1.165) is 61.3 Å². The Hall–Kier alpha value is -2.57. The van der Waals surface area contributed by atoms with Gasteiger partial charge in [-0.2, -0.15) is 0 Å². The molecule has 2 fully saturated rings. The molecule has 1 aliphatic carbocycles. The number of hydrogen-bond acceptors (Lipinski definition) is 4. The molecule has 2 aromatic rings. The molecule has 32 heavy (non-hydrogen) atoms. The van der Waals surface area contributed by atoms with Crippen LogP contribution in [0.2, 0.25) is 0 Å². The molecule has 6 nitrogen and oxygen atoms in total. The van der Waals surface area contributed by atoms with Gasteiger partial charge in [-0.1, -0.05) is 43.2 Å². The van der Waals surface area contributed by atoms with Crippen molar-refractivity contribution in [1.29, 1.82) is 0 Å². The number of quaternary nitrogens is 1. The number of ether oxygens (including phenoxy) is 2. The van der Waals surface area contributed by atoms with Crippen LogP contribution in [0.15, 0.2) is 48.5 Å². The zero-order valence-corrected chi connectivity index (χ0v) is 19.1. The molecule has 2 aromatic carbocycles. The number of aliphatic hydroxyl groups is 1. The van der Waals surface area contributed by atoms with Gasteiger partial charge in [-0.05, 0) is 36.6 Å². The fourth-order valence-corrected chi connectivity index (χ4v) is 5.64. The zero-order valence-electron chi connectivity index (χ0n) is 19.1. The summed E-state index contributed by atoms with van der Waals surface area (Å²) >= 11 is 0. The van der Waals surface area contributed by atoms with Crippen molar-refractivity contribution in [3.63, 3.8) is 0 Å². The van der Waals surface area contributed by atoms with E-state index >= 15 is 0 Å². The van der Waals surface area contributed by atoms with Crippen LogP contribution >= 0.6 is 0 Å². The van der Waals surface area contributed by atoms with E-state index in [1.165, 1.54) is 4.90 Å². The highest BCUT2D eigenvalue weighted by molar-refractivity contribution is 5.76. The predicted octanol–water partition coefficient (Wildman–Crippen LogP) is 2.27. The van der Waals surface area contributed by atoms with Gasteiger partial charge in [-0.25, -0.2) is 0 Å². The number of carbonyl (C=O) groups excluding carboxylic acids is 1. The lowest BCUT2D eigenvalue weighted by Crippen LogP contribution is -3.16. The molecule has 0 aromatic heterocycles. The highest BCUT2D eigenvalue weighted by Gasteiger charge is 2.52. The second kappa shape index (κ2) is 9.92. The molecule has 0 radical (unpaired) electrons. The molecule has 0 spiro atoms. The molecule has 4 rings (SSSR count). The first kappa shape index (κ1) is 22.6. The number of carbonyl (C=O) groups is 1. The third-order valence-electron chi connectivity index (χ3n) is 7.28. The van der Waals surface area contributed by atoms with Crippen molar-refractivity contribution >= 4 is 5.91 Å². The molecule has 6 heteroatoms. The zero-order chi connectivity index (χ0) is 22.6. The Balaban J connectivity index is 1.60. The van der Waals surface area contributed by atoms with Crippen LogP contribution in [0.3, 0.4) is 0 Å². The molecule has 1 saturated heterocycles. The van der Waals surface area contributed by atoms with Crippen LogP contribution in [0.1, 0.15) is 49.3 Å². The monoisotopic (exact) mass is 439 g/mol. The van der Waals surface area contributed by atoms with Crippen molar-refractivity contribution in [2.24, 2.45) is 5.92 Å². The highest BCUT2D eigenvalue weighted by Crippen LogP contribution is 2.46. The fourth-order valence-electron chi connectivity index (χ4n) is 5.64. The number of likely N-dealkylation sites (tertiary alicyclic amines) is 1. The summed E-state index contributed by atoms with van der Waals surface area (Å²) in [7, 11) is 3.33. The summed E-state index contributed by atoms with van der Waals surface area (Å²) < 4.78 is 11.2. The lowest BCUT2D eigenvalue weighted by Gasteiger charge is -2.50. The van der Waals surface area contributed by atoms with Crippen LogP contribution in [0, 0.1) is 5.92 Å². The minimum atomic E-state index is -0.680. The molecule has 4 atom stereocenters. The van der Waals surface area contributed by atoms with Crippen LogP contribution in [0.4, 0.5) is 0 Å². The standard InChI is InChI=1S/C26H34N2O4/c1-31-20-11-12-23(32-2)21(16-20)25-22-10-6-7-13-26(22,30)14-15-28(25)18-24(29)27-17-19-8-4-3-5-9-19/h3-5,8-9,11-12,16,22,25,30H,6-7,10,13-15,17-18H2,1-2H3,(H,27,29)/p+1/t22-,25+,26-/m1/s1. The second-order valence-electron chi connectivity index (χ2n) is 9.14. The van der Waals surface area contributed by atoms with Crippen molar-refractivity contribution in [3.05, 3.63) is 59.7 Å². The molecule has 3 N–H and O–H groups in total. The Bertz CT molecular complexity index is 919. The Labute approximate surface area is 190 Å².